The first kappa shape index (κ1) is 28.5. The smallest absolute Gasteiger partial charge is 0.349 e. The van der Waals surface area contributed by atoms with E-state index in [1.807, 2.05) is 44.3 Å². The molecule has 214 valence electrons. The predicted molar refractivity (Wildman–Crippen MR) is 163 cm³/mol. The van der Waals surface area contributed by atoms with Crippen LogP contribution in [-0.2, 0) is 23.0 Å². The molecule has 1 aromatic heterocycles. The van der Waals surface area contributed by atoms with Crippen molar-refractivity contribution in [3.8, 4) is 5.75 Å². The van der Waals surface area contributed by atoms with Gasteiger partial charge in [0.05, 0.1) is 12.6 Å². The number of carbonyl (C=O) groups is 2. The van der Waals surface area contributed by atoms with Gasteiger partial charge >= 0.3 is 5.97 Å². The molecule has 1 aliphatic carbocycles. The van der Waals surface area contributed by atoms with Crippen molar-refractivity contribution in [1.29, 1.82) is 0 Å². The molecule has 6 nitrogen and oxygen atoms in total. The Labute approximate surface area is 242 Å². The van der Waals surface area contributed by atoms with E-state index in [1.165, 1.54) is 24.0 Å². The third-order valence-corrected chi connectivity index (χ3v) is 8.11. The molecule has 1 saturated carbocycles. The minimum absolute atomic E-state index is 0.0779. The number of nitrogens with zero attached hydrogens (tertiary/aromatic N) is 1. The molecule has 1 heterocycles. The molecule has 0 unspecified atom stereocenters. The molecule has 6 heteroatoms. The first-order chi connectivity index (χ1) is 19.6. The Morgan fingerprint density at radius 3 is 2.54 bits per heavy atom. The monoisotopic (exact) mass is 552 g/mol. The van der Waals surface area contributed by atoms with Crippen LogP contribution in [0.1, 0.15) is 90.8 Å². The lowest BCUT2D eigenvalue weighted by Gasteiger charge is -2.24. The first-order valence-electron chi connectivity index (χ1n) is 14.5. The second-order valence-electron chi connectivity index (χ2n) is 11.7. The molecule has 0 bridgehead atoms. The van der Waals surface area contributed by atoms with Gasteiger partial charge in [-0.3, -0.25) is 4.79 Å². The molecule has 1 amide bonds. The lowest BCUT2D eigenvalue weighted by atomic mass is 10.0. The number of nitrogens with one attached hydrogen (secondary N) is 1. The predicted octanol–water partition coefficient (Wildman–Crippen LogP) is 7.17. The van der Waals surface area contributed by atoms with Crippen LogP contribution in [-0.4, -0.2) is 28.7 Å². The molecular formula is C35H40N2O4. The Hall–Kier alpha value is -4.06. The largest absolute Gasteiger partial charge is 0.476 e. The Morgan fingerprint density at radius 2 is 1.80 bits per heavy atom. The first-order valence-corrected chi connectivity index (χ1v) is 14.5. The van der Waals surface area contributed by atoms with E-state index in [-0.39, 0.29) is 11.9 Å². The normalized spacial score (nSPS) is 14.1. The molecular weight excluding hydrogens is 512 g/mol. The minimum atomic E-state index is -1.08. The number of hydrogen-bond acceptors (Lipinski definition) is 4. The van der Waals surface area contributed by atoms with Gasteiger partial charge in [0, 0.05) is 29.2 Å². The molecule has 1 fully saturated rings. The second-order valence-corrected chi connectivity index (χ2v) is 11.7. The van der Waals surface area contributed by atoms with Crippen molar-refractivity contribution < 1.29 is 19.1 Å². The molecule has 0 radical (unpaired) electrons. The third-order valence-electron chi connectivity index (χ3n) is 8.11. The molecule has 1 N–H and O–H groups in total. The summed E-state index contributed by atoms with van der Waals surface area (Å²) >= 11 is 0. The number of fused-ring (bicyclic) bond motifs is 1. The summed E-state index contributed by atoms with van der Waals surface area (Å²) in [5.74, 6) is 0.831. The number of carbonyl (C=O) groups excluding carboxylic acids is 2. The maximum absolute atomic E-state index is 13.3. The molecule has 1 atom stereocenters. The molecule has 41 heavy (non-hydrogen) atoms. The van der Waals surface area contributed by atoms with Gasteiger partial charge in [-0.1, -0.05) is 42.5 Å². The van der Waals surface area contributed by atoms with Crippen molar-refractivity contribution in [2.24, 2.45) is 7.05 Å². The van der Waals surface area contributed by atoms with Crippen LogP contribution in [0.25, 0.3) is 10.9 Å². The second kappa shape index (κ2) is 11.4. The van der Waals surface area contributed by atoms with Crippen molar-refractivity contribution in [2.75, 3.05) is 6.61 Å². The van der Waals surface area contributed by atoms with E-state index in [1.54, 1.807) is 20.8 Å². The van der Waals surface area contributed by atoms with Crippen LogP contribution >= 0.6 is 0 Å². The van der Waals surface area contributed by atoms with Crippen LogP contribution in [0, 0.1) is 6.92 Å². The van der Waals surface area contributed by atoms with Crippen molar-refractivity contribution in [3.05, 3.63) is 100 Å². The lowest BCUT2D eigenvalue weighted by molar-refractivity contribution is -0.158. The number of ether oxygens (including phenoxy) is 2. The summed E-state index contributed by atoms with van der Waals surface area (Å²) < 4.78 is 13.3. The van der Waals surface area contributed by atoms with Crippen molar-refractivity contribution in [2.45, 2.75) is 71.4 Å². The van der Waals surface area contributed by atoms with Crippen LogP contribution < -0.4 is 10.1 Å². The van der Waals surface area contributed by atoms with E-state index in [4.69, 9.17) is 9.47 Å². The average molecular weight is 553 g/mol. The Morgan fingerprint density at radius 1 is 1.05 bits per heavy atom. The third kappa shape index (κ3) is 6.17. The molecule has 3 aromatic carbocycles. The molecule has 0 aliphatic heterocycles. The summed E-state index contributed by atoms with van der Waals surface area (Å²) in [5, 5.41) is 4.31. The van der Waals surface area contributed by atoms with Gasteiger partial charge in [0.2, 0.25) is 0 Å². The quantitative estimate of drug-likeness (QED) is 0.212. The van der Waals surface area contributed by atoms with Gasteiger partial charge < -0.3 is 19.4 Å². The van der Waals surface area contributed by atoms with E-state index < -0.39 is 11.6 Å². The standard InChI is InChI=1S/C35H40N2O4/c1-7-40-34(39)35(4,5)41-29-13-8-10-24(18-29)19-31-23(3)37(6)32-21-28(16-17-30(31)32)33(38)36-22(2)26-11-9-12-27(20-26)25-14-15-25/h8-13,16-18,20-22,25H,7,14-15,19H2,1-6H3,(H,36,38)/t22-/m0/s1. The van der Waals surface area contributed by atoms with E-state index >= 15 is 0 Å². The molecule has 1 aliphatic rings. The van der Waals surface area contributed by atoms with Crippen LogP contribution in [0.2, 0.25) is 0 Å². The van der Waals surface area contributed by atoms with Crippen LogP contribution in [0.3, 0.4) is 0 Å². The fourth-order valence-electron chi connectivity index (χ4n) is 5.43. The topological polar surface area (TPSA) is 69.6 Å². The van der Waals surface area contributed by atoms with E-state index in [0.29, 0.717) is 30.3 Å². The zero-order chi connectivity index (χ0) is 29.3. The van der Waals surface area contributed by atoms with E-state index in [9.17, 15) is 9.59 Å². The SMILES string of the molecule is CCOC(=O)C(C)(C)Oc1cccc(Cc2c(C)n(C)c3cc(C(=O)N[C@@H](C)c4cccc(C5CC5)c4)ccc23)c1. The Kier molecular flexibility index (Phi) is 7.94. The van der Waals surface area contributed by atoms with Gasteiger partial charge in [-0.25, -0.2) is 4.79 Å². The minimum Gasteiger partial charge on any atom is -0.476 e. The van der Waals surface area contributed by atoms with Gasteiger partial charge in [0.1, 0.15) is 5.75 Å². The molecule has 0 spiro atoms. The maximum atomic E-state index is 13.3. The summed E-state index contributed by atoms with van der Waals surface area (Å²) in [6, 6.07) is 22.3. The van der Waals surface area contributed by atoms with Gasteiger partial charge in [-0.05, 0) is 106 Å². The average Bonchev–Trinajstić information content (AvgIpc) is 3.78. The van der Waals surface area contributed by atoms with Crippen molar-refractivity contribution in [1.82, 2.24) is 9.88 Å². The van der Waals surface area contributed by atoms with Crippen molar-refractivity contribution >= 4 is 22.8 Å². The van der Waals surface area contributed by atoms with Crippen LogP contribution in [0.4, 0.5) is 0 Å². The highest BCUT2D eigenvalue weighted by molar-refractivity contribution is 5.99. The zero-order valence-electron chi connectivity index (χ0n) is 24.9. The molecule has 5 rings (SSSR count). The van der Waals surface area contributed by atoms with Crippen LogP contribution in [0.15, 0.2) is 66.7 Å². The summed E-state index contributed by atoms with van der Waals surface area (Å²) in [6.45, 7) is 9.67. The fraction of sp³-hybridized carbons (Fsp3) is 0.371. The number of aromatic nitrogens is 1. The summed E-state index contributed by atoms with van der Waals surface area (Å²) in [6.07, 6.45) is 3.21. The maximum Gasteiger partial charge on any atom is 0.349 e. The highest BCUT2D eigenvalue weighted by atomic mass is 16.6. The van der Waals surface area contributed by atoms with Gasteiger partial charge in [-0.2, -0.15) is 0 Å². The number of rotatable bonds is 10. The number of hydrogen-bond donors (Lipinski definition) is 1. The number of esters is 1. The van der Waals surface area contributed by atoms with E-state index in [0.717, 1.165) is 27.7 Å². The zero-order valence-corrected chi connectivity index (χ0v) is 24.9. The fourth-order valence-corrected chi connectivity index (χ4v) is 5.43. The number of benzene rings is 3. The van der Waals surface area contributed by atoms with E-state index in [2.05, 4.69) is 53.2 Å². The summed E-state index contributed by atoms with van der Waals surface area (Å²) in [7, 11) is 2.04. The summed E-state index contributed by atoms with van der Waals surface area (Å²) in [5.41, 5.74) is 6.49. The number of amides is 1. The Balaban J connectivity index is 1.34. The number of aryl methyl sites for hydroxylation is 1. The highest BCUT2D eigenvalue weighted by Crippen LogP contribution is 2.40. The van der Waals surface area contributed by atoms with Crippen molar-refractivity contribution in [3.63, 3.8) is 0 Å². The van der Waals surface area contributed by atoms with Crippen LogP contribution in [0.5, 0.6) is 5.75 Å². The lowest BCUT2D eigenvalue weighted by Crippen LogP contribution is -2.39. The summed E-state index contributed by atoms with van der Waals surface area (Å²) in [4.78, 5) is 25.6. The molecule has 4 aromatic rings. The molecule has 0 saturated heterocycles. The highest BCUT2D eigenvalue weighted by Gasteiger charge is 2.31. The van der Waals surface area contributed by atoms with Gasteiger partial charge in [0.15, 0.2) is 5.60 Å². The van der Waals surface area contributed by atoms with Gasteiger partial charge in [0.25, 0.3) is 5.91 Å². The van der Waals surface area contributed by atoms with Gasteiger partial charge in [-0.15, -0.1) is 0 Å². The Bertz CT molecular complexity index is 1600.